The van der Waals surface area contributed by atoms with E-state index in [1.54, 1.807) is 0 Å². The Kier molecular flexibility index (Phi) is 2.89. The van der Waals surface area contributed by atoms with E-state index in [2.05, 4.69) is 4.18 Å². The zero-order valence-corrected chi connectivity index (χ0v) is 4.64. The molecule has 0 aliphatic carbocycles. The van der Waals surface area contributed by atoms with Gasteiger partial charge in [0.15, 0.2) is 6.23 Å². The SMILES string of the molecule is C[C](N)O[SH](=O)=O. The molecule has 7 heavy (non-hydrogen) atoms. The van der Waals surface area contributed by atoms with Crippen LogP contribution in [0.3, 0.4) is 0 Å². The molecule has 0 saturated carbocycles. The molecule has 0 atom stereocenters. The number of hydrogen-bond donors (Lipinski definition) is 2. The highest BCUT2D eigenvalue weighted by Crippen LogP contribution is 1.85. The van der Waals surface area contributed by atoms with Gasteiger partial charge >= 0.3 is 0 Å². The van der Waals surface area contributed by atoms with E-state index in [-0.39, 0.29) is 6.23 Å². The second-order valence-electron chi connectivity index (χ2n) is 0.926. The van der Waals surface area contributed by atoms with Crippen LogP contribution >= 0.6 is 0 Å². The Labute approximate surface area is 43.4 Å². The molecule has 0 spiro atoms. The molecule has 4 nitrogen and oxygen atoms in total. The van der Waals surface area contributed by atoms with Crippen LogP contribution in [-0.2, 0) is 15.2 Å². The van der Waals surface area contributed by atoms with Gasteiger partial charge in [-0.25, -0.2) is 12.6 Å². The van der Waals surface area contributed by atoms with Crippen LogP contribution in [0.5, 0.6) is 0 Å². The molecule has 0 saturated heterocycles. The standard InChI is InChI=1S/C2H6NO3S/c1-2(3)6-7(4)5/h7H,3H2,1H3. The van der Waals surface area contributed by atoms with Crippen molar-refractivity contribution in [3.8, 4) is 0 Å². The summed E-state index contributed by atoms with van der Waals surface area (Å²) in [6.07, 6.45) is -0.0592. The second-order valence-corrected chi connectivity index (χ2v) is 1.56. The van der Waals surface area contributed by atoms with E-state index in [4.69, 9.17) is 5.73 Å². The lowest BCUT2D eigenvalue weighted by Crippen LogP contribution is -2.07. The van der Waals surface area contributed by atoms with Gasteiger partial charge in [-0.05, 0) is 6.92 Å². The maximum absolute atomic E-state index is 9.52. The molecule has 0 aromatic heterocycles. The van der Waals surface area contributed by atoms with E-state index in [9.17, 15) is 8.42 Å². The van der Waals surface area contributed by atoms with Gasteiger partial charge in [0.05, 0.1) is 0 Å². The summed E-state index contributed by atoms with van der Waals surface area (Å²) >= 11 is 0. The molecule has 5 heteroatoms. The fraction of sp³-hybridized carbons (Fsp3) is 0.500. The van der Waals surface area contributed by atoms with E-state index in [1.807, 2.05) is 0 Å². The first kappa shape index (κ1) is 6.87. The van der Waals surface area contributed by atoms with Crippen molar-refractivity contribution in [1.82, 2.24) is 0 Å². The first-order chi connectivity index (χ1) is 3.13. The van der Waals surface area contributed by atoms with Gasteiger partial charge in [-0.3, -0.25) is 5.73 Å². The summed E-state index contributed by atoms with van der Waals surface area (Å²) < 4.78 is 22.9. The largest absolute Gasteiger partial charge is 0.299 e. The summed E-state index contributed by atoms with van der Waals surface area (Å²) in [6.45, 7) is 1.35. The molecule has 0 fully saturated rings. The van der Waals surface area contributed by atoms with Crippen molar-refractivity contribution < 1.29 is 12.6 Å². The highest BCUT2D eigenvalue weighted by atomic mass is 32.2. The van der Waals surface area contributed by atoms with Gasteiger partial charge in [0.1, 0.15) is 0 Å². The number of nitrogens with two attached hydrogens (primary N) is 1. The van der Waals surface area contributed by atoms with Crippen LogP contribution in [0.2, 0.25) is 0 Å². The summed E-state index contributed by atoms with van der Waals surface area (Å²) in [5.74, 6) is 0. The van der Waals surface area contributed by atoms with Crippen molar-refractivity contribution in [2.45, 2.75) is 6.92 Å². The Morgan fingerprint density at radius 2 is 2.14 bits per heavy atom. The highest BCUT2D eigenvalue weighted by molar-refractivity contribution is 7.67. The molecular weight excluding hydrogens is 118 g/mol. The maximum Gasteiger partial charge on any atom is 0.259 e. The molecule has 0 aromatic rings. The zero-order valence-electron chi connectivity index (χ0n) is 3.75. The number of hydrogen-bond acceptors (Lipinski definition) is 4. The Morgan fingerprint density at radius 3 is 2.14 bits per heavy atom. The van der Waals surface area contributed by atoms with Crippen molar-refractivity contribution in [3.05, 3.63) is 6.23 Å². The predicted octanol–water partition coefficient (Wildman–Crippen LogP) is -1.00. The fourth-order valence-electron chi connectivity index (χ4n) is 0.118. The average Bonchev–Trinajstić information content (AvgIpc) is 1.27. The highest BCUT2D eigenvalue weighted by Gasteiger charge is 1.91. The molecule has 0 unspecified atom stereocenters. The Bertz CT molecular complexity index is 99.5. The van der Waals surface area contributed by atoms with Crippen LogP contribution in [0.25, 0.3) is 0 Å². The van der Waals surface area contributed by atoms with E-state index >= 15 is 0 Å². The molecule has 2 N–H and O–H groups in total. The predicted molar refractivity (Wildman–Crippen MR) is 24.5 cm³/mol. The fourth-order valence-corrected chi connectivity index (χ4v) is 0.353. The monoisotopic (exact) mass is 124 g/mol. The number of rotatable bonds is 2. The van der Waals surface area contributed by atoms with Gasteiger partial charge in [0.25, 0.3) is 11.0 Å². The molecule has 0 aromatic carbocycles. The minimum atomic E-state index is -2.80. The van der Waals surface area contributed by atoms with Crippen LogP contribution in [0.1, 0.15) is 6.92 Å². The third-order valence-corrected chi connectivity index (χ3v) is 0.656. The van der Waals surface area contributed by atoms with Crippen molar-refractivity contribution >= 4 is 11.0 Å². The molecule has 0 rings (SSSR count). The molecule has 0 bridgehead atoms. The Morgan fingerprint density at radius 1 is 1.71 bits per heavy atom. The molecule has 1 radical (unpaired) electrons. The normalized spacial score (nSPS) is 10.9. The van der Waals surface area contributed by atoms with Crippen LogP contribution < -0.4 is 5.73 Å². The van der Waals surface area contributed by atoms with Gasteiger partial charge in [0, 0.05) is 0 Å². The van der Waals surface area contributed by atoms with Crippen molar-refractivity contribution in [3.63, 3.8) is 0 Å². The van der Waals surface area contributed by atoms with Crippen LogP contribution in [0.4, 0.5) is 0 Å². The molecule has 43 valence electrons. The van der Waals surface area contributed by atoms with Gasteiger partial charge in [-0.15, -0.1) is 0 Å². The summed E-state index contributed by atoms with van der Waals surface area (Å²) in [7, 11) is -2.80. The minimum Gasteiger partial charge on any atom is -0.299 e. The third kappa shape index (κ3) is 5.87. The van der Waals surface area contributed by atoms with Crippen LogP contribution in [0.15, 0.2) is 0 Å². The van der Waals surface area contributed by atoms with Gasteiger partial charge in [-0.2, -0.15) is 0 Å². The zero-order chi connectivity index (χ0) is 5.86. The number of thiol groups is 1. The van der Waals surface area contributed by atoms with E-state index < -0.39 is 11.0 Å². The maximum atomic E-state index is 9.52. The second kappa shape index (κ2) is 2.95. The van der Waals surface area contributed by atoms with E-state index in [0.29, 0.717) is 0 Å². The lowest BCUT2D eigenvalue weighted by atomic mass is 10.7. The van der Waals surface area contributed by atoms with Crippen molar-refractivity contribution in [1.29, 1.82) is 0 Å². The first-order valence-corrected chi connectivity index (χ1v) is 2.64. The van der Waals surface area contributed by atoms with Crippen molar-refractivity contribution in [2.24, 2.45) is 5.73 Å². The average molecular weight is 124 g/mol. The third-order valence-electron chi connectivity index (χ3n) is 0.219. The van der Waals surface area contributed by atoms with Crippen LogP contribution in [0, 0.1) is 6.23 Å². The lowest BCUT2D eigenvalue weighted by Gasteiger charge is -1.92. The summed E-state index contributed by atoms with van der Waals surface area (Å²) in [4.78, 5) is 0. The summed E-state index contributed by atoms with van der Waals surface area (Å²) in [6, 6.07) is 0. The van der Waals surface area contributed by atoms with Gasteiger partial charge < -0.3 is 0 Å². The van der Waals surface area contributed by atoms with E-state index in [0.717, 1.165) is 0 Å². The van der Waals surface area contributed by atoms with E-state index in [1.165, 1.54) is 6.92 Å². The van der Waals surface area contributed by atoms with Gasteiger partial charge in [-0.1, -0.05) is 0 Å². The molecule has 0 aliphatic heterocycles. The smallest absolute Gasteiger partial charge is 0.259 e. The summed E-state index contributed by atoms with van der Waals surface area (Å²) in [5.41, 5.74) is 4.80. The van der Waals surface area contributed by atoms with Gasteiger partial charge in [0.2, 0.25) is 0 Å². The first-order valence-electron chi connectivity index (χ1n) is 1.54. The Balaban J connectivity index is 3.32. The molecular formula is C2H6NO3S. The topological polar surface area (TPSA) is 69.4 Å². The minimum absolute atomic E-state index is 0.0592. The molecule has 0 aliphatic rings. The lowest BCUT2D eigenvalue weighted by molar-refractivity contribution is 0.349. The Hall–Kier alpha value is -0.130. The quantitative estimate of drug-likeness (QED) is 0.463. The molecule has 0 heterocycles. The summed E-state index contributed by atoms with van der Waals surface area (Å²) in [5, 5.41) is 0. The molecule has 0 amide bonds. The van der Waals surface area contributed by atoms with Crippen molar-refractivity contribution in [2.75, 3.05) is 0 Å². The van der Waals surface area contributed by atoms with Crippen LogP contribution in [-0.4, -0.2) is 8.42 Å².